The Balaban J connectivity index is 2.11. The van der Waals surface area contributed by atoms with Crippen LogP contribution in [-0.4, -0.2) is 15.6 Å². The van der Waals surface area contributed by atoms with E-state index in [1.807, 2.05) is 24.3 Å². The maximum Gasteiger partial charge on any atom is 0.341 e. The Morgan fingerprint density at radius 2 is 1.90 bits per heavy atom. The summed E-state index contributed by atoms with van der Waals surface area (Å²) in [5, 5.41) is 10.1. The van der Waals surface area contributed by atoms with Crippen molar-refractivity contribution in [2.24, 2.45) is 5.92 Å². The highest BCUT2D eigenvalue weighted by Crippen LogP contribution is 2.26. The molecule has 0 saturated heterocycles. The van der Waals surface area contributed by atoms with Crippen LogP contribution in [-0.2, 0) is 6.54 Å². The summed E-state index contributed by atoms with van der Waals surface area (Å²) in [6, 6.07) is 8.99. The molecule has 0 spiro atoms. The highest BCUT2D eigenvalue weighted by molar-refractivity contribution is 5.92. The third-order valence-corrected chi connectivity index (χ3v) is 4.40. The molecule has 1 aliphatic rings. The molecule has 1 fully saturated rings. The zero-order chi connectivity index (χ0) is 14.8. The number of pyridine rings is 1. The first-order chi connectivity index (χ1) is 10.2. The van der Waals surface area contributed by atoms with E-state index in [4.69, 9.17) is 0 Å². The van der Waals surface area contributed by atoms with Crippen LogP contribution in [0.1, 0.15) is 42.5 Å². The lowest BCUT2D eigenvalue weighted by Crippen LogP contribution is -2.29. The number of rotatable bonds is 3. The van der Waals surface area contributed by atoms with Crippen LogP contribution in [0.15, 0.2) is 35.1 Å². The van der Waals surface area contributed by atoms with Gasteiger partial charge in [-0.1, -0.05) is 37.5 Å². The molecule has 21 heavy (non-hydrogen) atoms. The van der Waals surface area contributed by atoms with Gasteiger partial charge >= 0.3 is 5.97 Å². The Morgan fingerprint density at radius 3 is 2.62 bits per heavy atom. The highest BCUT2D eigenvalue weighted by atomic mass is 16.4. The first-order valence-electron chi connectivity index (χ1n) is 7.52. The summed E-state index contributed by atoms with van der Waals surface area (Å²) >= 11 is 0. The second-order valence-corrected chi connectivity index (χ2v) is 5.84. The summed E-state index contributed by atoms with van der Waals surface area (Å²) < 4.78 is 1.66. The zero-order valence-corrected chi connectivity index (χ0v) is 11.9. The summed E-state index contributed by atoms with van der Waals surface area (Å²) in [5.74, 6) is -0.674. The van der Waals surface area contributed by atoms with Crippen molar-refractivity contribution in [1.82, 2.24) is 4.57 Å². The van der Waals surface area contributed by atoms with Crippen LogP contribution in [0.3, 0.4) is 0 Å². The molecule has 0 aliphatic heterocycles. The van der Waals surface area contributed by atoms with Crippen molar-refractivity contribution in [2.45, 2.75) is 38.6 Å². The van der Waals surface area contributed by atoms with Gasteiger partial charge in [-0.3, -0.25) is 4.79 Å². The van der Waals surface area contributed by atoms with Crippen molar-refractivity contribution in [3.8, 4) is 0 Å². The molecule has 4 heteroatoms. The second-order valence-electron chi connectivity index (χ2n) is 5.84. The minimum Gasteiger partial charge on any atom is -0.477 e. The molecule has 4 nitrogen and oxygen atoms in total. The first-order valence-corrected chi connectivity index (χ1v) is 7.52. The van der Waals surface area contributed by atoms with Gasteiger partial charge in [-0.15, -0.1) is 0 Å². The fraction of sp³-hybridized carbons (Fsp3) is 0.412. The number of carbonyl (C=O) groups is 1. The molecule has 2 aromatic rings. The van der Waals surface area contributed by atoms with Crippen LogP contribution in [0.4, 0.5) is 0 Å². The van der Waals surface area contributed by atoms with Gasteiger partial charge in [0.2, 0.25) is 0 Å². The van der Waals surface area contributed by atoms with E-state index >= 15 is 0 Å². The number of hydrogen-bond donors (Lipinski definition) is 1. The topological polar surface area (TPSA) is 59.3 Å². The monoisotopic (exact) mass is 285 g/mol. The van der Waals surface area contributed by atoms with Gasteiger partial charge in [0, 0.05) is 6.54 Å². The number of carboxylic acids is 1. The number of carboxylic acid groups (broad SMARTS) is 1. The SMILES string of the molecule is O=C(O)c1cc2ccccc2n(CC2CCCCC2)c1=O. The average molecular weight is 285 g/mol. The Bertz CT molecular complexity index is 726. The first kappa shape index (κ1) is 13.9. The minimum absolute atomic E-state index is 0.135. The Morgan fingerprint density at radius 1 is 1.19 bits per heavy atom. The predicted octanol–water partition coefficient (Wildman–Crippen LogP) is 3.28. The number of aromatic nitrogens is 1. The van der Waals surface area contributed by atoms with Crippen LogP contribution < -0.4 is 5.56 Å². The number of aromatic carboxylic acids is 1. The molecule has 1 aromatic carbocycles. The van der Waals surface area contributed by atoms with Crippen LogP contribution in [0.5, 0.6) is 0 Å². The molecule has 1 aliphatic carbocycles. The number of fused-ring (bicyclic) bond motifs is 1. The van der Waals surface area contributed by atoms with Crippen molar-refractivity contribution >= 4 is 16.9 Å². The van der Waals surface area contributed by atoms with E-state index < -0.39 is 5.97 Å². The van der Waals surface area contributed by atoms with E-state index in [2.05, 4.69) is 0 Å². The molecular weight excluding hydrogens is 266 g/mol. The molecule has 3 rings (SSSR count). The molecule has 0 atom stereocenters. The van der Waals surface area contributed by atoms with E-state index in [1.54, 1.807) is 4.57 Å². The molecular formula is C17H19NO3. The van der Waals surface area contributed by atoms with Gasteiger partial charge in [-0.25, -0.2) is 4.79 Å². The highest BCUT2D eigenvalue weighted by Gasteiger charge is 2.19. The molecule has 1 aromatic heterocycles. The lowest BCUT2D eigenvalue weighted by Gasteiger charge is -2.23. The third kappa shape index (κ3) is 2.71. The van der Waals surface area contributed by atoms with Crippen molar-refractivity contribution in [2.75, 3.05) is 0 Å². The molecule has 0 bridgehead atoms. The number of para-hydroxylation sites is 1. The smallest absolute Gasteiger partial charge is 0.341 e. The van der Waals surface area contributed by atoms with Gasteiger partial charge in [-0.2, -0.15) is 0 Å². The lowest BCUT2D eigenvalue weighted by molar-refractivity contribution is 0.0694. The van der Waals surface area contributed by atoms with E-state index in [0.29, 0.717) is 12.5 Å². The van der Waals surface area contributed by atoms with Crippen LogP contribution in [0, 0.1) is 5.92 Å². The molecule has 0 amide bonds. The summed E-state index contributed by atoms with van der Waals surface area (Å²) in [6.07, 6.45) is 5.92. The van der Waals surface area contributed by atoms with Gasteiger partial charge in [0.1, 0.15) is 5.56 Å². The molecule has 1 N–H and O–H groups in total. The van der Waals surface area contributed by atoms with Crippen molar-refractivity contribution in [3.05, 3.63) is 46.2 Å². The summed E-state index contributed by atoms with van der Waals surface area (Å²) in [5.41, 5.74) is 0.314. The van der Waals surface area contributed by atoms with E-state index in [0.717, 1.165) is 23.7 Å². The number of benzene rings is 1. The summed E-state index contributed by atoms with van der Waals surface area (Å²) in [4.78, 5) is 23.8. The normalized spacial score (nSPS) is 16.2. The van der Waals surface area contributed by atoms with Gasteiger partial charge in [0.05, 0.1) is 5.52 Å². The Labute approximate surface area is 123 Å². The van der Waals surface area contributed by atoms with E-state index in [1.165, 1.54) is 25.3 Å². The average Bonchev–Trinajstić information content (AvgIpc) is 2.50. The maximum atomic E-state index is 12.5. The second kappa shape index (κ2) is 5.72. The van der Waals surface area contributed by atoms with Crippen molar-refractivity contribution < 1.29 is 9.90 Å². The van der Waals surface area contributed by atoms with Gasteiger partial charge in [0.25, 0.3) is 5.56 Å². The van der Waals surface area contributed by atoms with Gasteiger partial charge in [0.15, 0.2) is 0 Å². The molecule has 1 heterocycles. The van der Waals surface area contributed by atoms with Crippen LogP contribution in [0.25, 0.3) is 10.9 Å². The summed E-state index contributed by atoms with van der Waals surface area (Å²) in [7, 11) is 0. The molecule has 1 saturated carbocycles. The quantitative estimate of drug-likeness (QED) is 0.941. The lowest BCUT2D eigenvalue weighted by atomic mass is 9.89. The fourth-order valence-corrected chi connectivity index (χ4v) is 3.29. The summed E-state index contributed by atoms with van der Waals surface area (Å²) in [6.45, 7) is 0.625. The standard InChI is InChI=1S/C17H19NO3/c19-16-14(17(20)21)10-13-8-4-5-9-15(13)18(16)11-12-6-2-1-3-7-12/h4-5,8-10,12H,1-3,6-7,11H2,(H,20,21). The Hall–Kier alpha value is -2.10. The minimum atomic E-state index is -1.15. The largest absolute Gasteiger partial charge is 0.477 e. The van der Waals surface area contributed by atoms with Crippen molar-refractivity contribution in [3.63, 3.8) is 0 Å². The fourth-order valence-electron chi connectivity index (χ4n) is 3.29. The Kier molecular flexibility index (Phi) is 3.78. The van der Waals surface area contributed by atoms with E-state index in [-0.39, 0.29) is 11.1 Å². The van der Waals surface area contributed by atoms with Crippen LogP contribution >= 0.6 is 0 Å². The van der Waals surface area contributed by atoms with Crippen molar-refractivity contribution in [1.29, 1.82) is 0 Å². The van der Waals surface area contributed by atoms with Crippen LogP contribution in [0.2, 0.25) is 0 Å². The maximum absolute atomic E-state index is 12.5. The zero-order valence-electron chi connectivity index (χ0n) is 11.9. The molecule has 110 valence electrons. The third-order valence-electron chi connectivity index (χ3n) is 4.40. The molecule has 0 radical (unpaired) electrons. The predicted molar refractivity (Wildman–Crippen MR) is 81.7 cm³/mol. The molecule has 0 unspecified atom stereocenters. The van der Waals surface area contributed by atoms with E-state index in [9.17, 15) is 14.7 Å². The van der Waals surface area contributed by atoms with Gasteiger partial charge in [-0.05, 0) is 36.3 Å². The number of hydrogen-bond acceptors (Lipinski definition) is 2. The number of nitrogens with zero attached hydrogens (tertiary/aromatic N) is 1. The van der Waals surface area contributed by atoms with Gasteiger partial charge < -0.3 is 9.67 Å².